The Balaban J connectivity index is 2.59. The lowest BCUT2D eigenvalue weighted by Gasteiger charge is -2.02. The Labute approximate surface area is 93.8 Å². The van der Waals surface area contributed by atoms with Gasteiger partial charge in [0.25, 0.3) is 0 Å². The lowest BCUT2D eigenvalue weighted by atomic mass is 10.1. The van der Waals surface area contributed by atoms with Crippen LogP contribution in [0.4, 0.5) is 0 Å². The van der Waals surface area contributed by atoms with Crippen molar-refractivity contribution in [1.29, 1.82) is 0 Å². The van der Waals surface area contributed by atoms with Crippen molar-refractivity contribution in [2.45, 2.75) is 13.8 Å². The van der Waals surface area contributed by atoms with E-state index in [0.717, 1.165) is 11.4 Å². The highest BCUT2D eigenvalue weighted by Crippen LogP contribution is 2.20. The molecule has 0 saturated carbocycles. The van der Waals surface area contributed by atoms with Gasteiger partial charge in [0.2, 0.25) is 4.77 Å². The molecule has 0 radical (unpaired) electrons. The molecule has 1 N–H and O–H groups in total. The molecule has 2 aromatic rings. The van der Waals surface area contributed by atoms with Crippen LogP contribution in [-0.4, -0.2) is 14.8 Å². The first-order valence-electron chi connectivity index (χ1n) is 4.78. The van der Waals surface area contributed by atoms with Crippen LogP contribution in [0.5, 0.6) is 0 Å². The van der Waals surface area contributed by atoms with Gasteiger partial charge in [-0.15, -0.1) is 0 Å². The molecule has 0 unspecified atom stereocenters. The minimum atomic E-state index is 0.574. The molecule has 1 aromatic heterocycles. The molecule has 0 atom stereocenters. The summed E-state index contributed by atoms with van der Waals surface area (Å²) in [6.07, 6.45) is 0. The number of H-pyrrole nitrogens is 1. The molecule has 0 bridgehead atoms. The van der Waals surface area contributed by atoms with E-state index in [1.165, 1.54) is 11.1 Å². The number of aromatic nitrogens is 3. The summed E-state index contributed by atoms with van der Waals surface area (Å²) >= 11 is 5.06. The summed E-state index contributed by atoms with van der Waals surface area (Å²) in [5.74, 6) is 0.833. The summed E-state index contributed by atoms with van der Waals surface area (Å²) in [5, 5.41) is 3.12. The second kappa shape index (κ2) is 3.62. The van der Waals surface area contributed by atoms with Crippen LogP contribution in [0, 0.1) is 18.6 Å². The van der Waals surface area contributed by atoms with Crippen LogP contribution in [0.2, 0.25) is 0 Å². The van der Waals surface area contributed by atoms with E-state index < -0.39 is 0 Å². The van der Waals surface area contributed by atoms with Crippen LogP contribution in [0.15, 0.2) is 18.2 Å². The molecule has 0 saturated heterocycles. The van der Waals surface area contributed by atoms with E-state index >= 15 is 0 Å². The van der Waals surface area contributed by atoms with Crippen molar-refractivity contribution < 1.29 is 0 Å². The summed E-state index contributed by atoms with van der Waals surface area (Å²) < 4.78 is 2.31. The highest BCUT2D eigenvalue weighted by molar-refractivity contribution is 7.71. The Bertz CT molecular complexity index is 551. The second-order valence-electron chi connectivity index (χ2n) is 3.73. The van der Waals surface area contributed by atoms with Gasteiger partial charge >= 0.3 is 0 Å². The molecule has 1 aromatic carbocycles. The van der Waals surface area contributed by atoms with Gasteiger partial charge in [0.15, 0.2) is 5.82 Å². The second-order valence-corrected chi connectivity index (χ2v) is 4.10. The average Bonchev–Trinajstić information content (AvgIpc) is 2.46. The van der Waals surface area contributed by atoms with Crippen LogP contribution >= 0.6 is 12.2 Å². The number of hydrogen-bond acceptors (Lipinski definition) is 2. The fourth-order valence-corrected chi connectivity index (χ4v) is 1.74. The maximum Gasteiger partial charge on any atom is 0.216 e. The number of benzene rings is 1. The topological polar surface area (TPSA) is 33.6 Å². The SMILES string of the molecule is Cc1ccc(-c2nc(=S)n(C)[nH]2)c(C)c1. The Morgan fingerprint density at radius 1 is 1.33 bits per heavy atom. The molecule has 0 aliphatic heterocycles. The highest BCUT2D eigenvalue weighted by Gasteiger charge is 2.05. The zero-order valence-electron chi connectivity index (χ0n) is 9.03. The van der Waals surface area contributed by atoms with Crippen molar-refractivity contribution >= 4 is 12.2 Å². The fourth-order valence-electron chi connectivity index (χ4n) is 1.60. The van der Waals surface area contributed by atoms with Crippen LogP contribution in [0.3, 0.4) is 0 Å². The smallest absolute Gasteiger partial charge is 0.216 e. The molecular formula is C11H13N3S. The Kier molecular flexibility index (Phi) is 2.44. The number of aryl methyl sites for hydroxylation is 3. The van der Waals surface area contributed by atoms with E-state index in [1.807, 2.05) is 7.05 Å². The Morgan fingerprint density at radius 2 is 2.07 bits per heavy atom. The first kappa shape index (κ1) is 10.1. The predicted molar refractivity (Wildman–Crippen MR) is 63.3 cm³/mol. The van der Waals surface area contributed by atoms with Gasteiger partial charge in [0.05, 0.1) is 0 Å². The third-order valence-electron chi connectivity index (χ3n) is 2.41. The maximum absolute atomic E-state index is 5.06. The molecule has 78 valence electrons. The maximum atomic E-state index is 5.06. The summed E-state index contributed by atoms with van der Waals surface area (Å²) in [5.41, 5.74) is 3.57. The molecule has 0 aliphatic rings. The molecule has 3 nitrogen and oxygen atoms in total. The number of aromatic amines is 1. The predicted octanol–water partition coefficient (Wildman–Crippen LogP) is 2.76. The lowest BCUT2D eigenvalue weighted by molar-refractivity contribution is 0.756. The van der Waals surface area contributed by atoms with Crippen molar-refractivity contribution in [1.82, 2.24) is 14.8 Å². The molecule has 15 heavy (non-hydrogen) atoms. The van der Waals surface area contributed by atoms with Gasteiger partial charge in [-0.25, -0.2) is 0 Å². The molecule has 1 heterocycles. The molecule has 0 aliphatic carbocycles. The van der Waals surface area contributed by atoms with E-state index in [-0.39, 0.29) is 0 Å². The van der Waals surface area contributed by atoms with Gasteiger partial charge in [0.1, 0.15) is 0 Å². The molecule has 4 heteroatoms. The van der Waals surface area contributed by atoms with Crippen molar-refractivity contribution in [2.24, 2.45) is 7.05 Å². The van der Waals surface area contributed by atoms with Crippen molar-refractivity contribution in [3.05, 3.63) is 34.1 Å². The van der Waals surface area contributed by atoms with Crippen molar-refractivity contribution in [3.63, 3.8) is 0 Å². The van der Waals surface area contributed by atoms with Gasteiger partial charge < -0.3 is 0 Å². The average molecular weight is 219 g/mol. The van der Waals surface area contributed by atoms with E-state index in [4.69, 9.17) is 12.2 Å². The minimum absolute atomic E-state index is 0.574. The fraction of sp³-hybridized carbons (Fsp3) is 0.273. The van der Waals surface area contributed by atoms with E-state index in [0.29, 0.717) is 4.77 Å². The zero-order chi connectivity index (χ0) is 11.0. The monoisotopic (exact) mass is 219 g/mol. The summed E-state index contributed by atoms with van der Waals surface area (Å²) in [7, 11) is 1.86. The zero-order valence-corrected chi connectivity index (χ0v) is 9.85. The molecule has 0 spiro atoms. The van der Waals surface area contributed by atoms with Gasteiger partial charge in [-0.1, -0.05) is 23.8 Å². The molecule has 0 amide bonds. The van der Waals surface area contributed by atoms with E-state index in [2.05, 4.69) is 42.1 Å². The molecular weight excluding hydrogens is 206 g/mol. The van der Waals surface area contributed by atoms with Gasteiger partial charge in [-0.05, 0) is 31.6 Å². The first-order chi connectivity index (χ1) is 7.08. The third-order valence-corrected chi connectivity index (χ3v) is 2.77. The number of rotatable bonds is 1. The van der Waals surface area contributed by atoms with Crippen LogP contribution in [0.1, 0.15) is 11.1 Å². The number of nitrogens with one attached hydrogen (secondary N) is 1. The first-order valence-corrected chi connectivity index (χ1v) is 5.19. The summed E-state index contributed by atoms with van der Waals surface area (Å²) in [6, 6.07) is 6.28. The lowest BCUT2D eigenvalue weighted by Crippen LogP contribution is -1.91. The minimum Gasteiger partial charge on any atom is -0.279 e. The van der Waals surface area contributed by atoms with Crippen molar-refractivity contribution in [2.75, 3.05) is 0 Å². The quantitative estimate of drug-likeness (QED) is 0.748. The number of nitrogens with zero attached hydrogens (tertiary/aromatic N) is 2. The highest BCUT2D eigenvalue weighted by atomic mass is 32.1. The normalized spacial score (nSPS) is 10.6. The van der Waals surface area contributed by atoms with Crippen molar-refractivity contribution in [3.8, 4) is 11.4 Å². The Hall–Kier alpha value is -1.42. The standard InChI is InChI=1S/C11H13N3S/c1-7-4-5-9(8(2)6-7)10-12-11(15)14(3)13-10/h4-6H,1-3H3,(H,12,13,15). The Morgan fingerprint density at radius 3 is 2.60 bits per heavy atom. The van der Waals surface area contributed by atoms with Gasteiger partial charge in [-0.2, -0.15) is 4.98 Å². The van der Waals surface area contributed by atoms with E-state index in [1.54, 1.807) is 4.68 Å². The van der Waals surface area contributed by atoms with Crippen LogP contribution in [-0.2, 0) is 7.05 Å². The summed E-state index contributed by atoms with van der Waals surface area (Å²) in [6.45, 7) is 4.16. The van der Waals surface area contributed by atoms with Crippen LogP contribution < -0.4 is 0 Å². The largest absolute Gasteiger partial charge is 0.279 e. The number of hydrogen-bond donors (Lipinski definition) is 1. The van der Waals surface area contributed by atoms with Gasteiger partial charge in [-0.3, -0.25) is 9.78 Å². The van der Waals surface area contributed by atoms with Gasteiger partial charge in [0, 0.05) is 12.6 Å². The molecule has 0 fully saturated rings. The van der Waals surface area contributed by atoms with Crippen LogP contribution in [0.25, 0.3) is 11.4 Å². The summed E-state index contributed by atoms with van der Waals surface area (Å²) in [4.78, 5) is 4.29. The van der Waals surface area contributed by atoms with E-state index in [9.17, 15) is 0 Å². The molecule has 2 rings (SSSR count). The third kappa shape index (κ3) is 1.85.